The topological polar surface area (TPSA) is 67.4 Å². The largest absolute Gasteiger partial charge is 0.381 e. The zero-order chi connectivity index (χ0) is 13.9. The van der Waals surface area contributed by atoms with Crippen LogP contribution in [-0.2, 0) is 14.3 Å². The first-order valence-corrected chi connectivity index (χ1v) is 7.40. The SMILES string of the molecule is CCCCOCCCNC(=O)C(=O)NC1CCCC1. The molecule has 19 heavy (non-hydrogen) atoms. The van der Waals surface area contributed by atoms with Gasteiger partial charge in [-0.3, -0.25) is 9.59 Å². The third-order valence-corrected chi connectivity index (χ3v) is 3.29. The molecule has 5 nitrogen and oxygen atoms in total. The maximum atomic E-state index is 11.5. The van der Waals surface area contributed by atoms with Gasteiger partial charge in [0.05, 0.1) is 0 Å². The predicted molar refractivity (Wildman–Crippen MR) is 73.8 cm³/mol. The van der Waals surface area contributed by atoms with Crippen LogP contribution in [0.3, 0.4) is 0 Å². The zero-order valence-electron chi connectivity index (χ0n) is 11.9. The number of carbonyl (C=O) groups is 2. The van der Waals surface area contributed by atoms with E-state index in [0.29, 0.717) is 13.2 Å². The van der Waals surface area contributed by atoms with E-state index in [9.17, 15) is 9.59 Å². The van der Waals surface area contributed by atoms with E-state index in [-0.39, 0.29) is 6.04 Å². The number of carbonyl (C=O) groups excluding carboxylic acids is 2. The fraction of sp³-hybridized carbons (Fsp3) is 0.857. The summed E-state index contributed by atoms with van der Waals surface area (Å²) < 4.78 is 5.37. The Bertz CT molecular complexity index is 276. The summed E-state index contributed by atoms with van der Waals surface area (Å²) in [5, 5.41) is 5.38. The molecule has 2 N–H and O–H groups in total. The molecule has 0 unspecified atom stereocenters. The lowest BCUT2D eigenvalue weighted by Gasteiger charge is -2.11. The lowest BCUT2D eigenvalue weighted by Crippen LogP contribution is -2.44. The van der Waals surface area contributed by atoms with Gasteiger partial charge in [0.15, 0.2) is 0 Å². The van der Waals surface area contributed by atoms with Gasteiger partial charge in [0, 0.05) is 25.8 Å². The molecule has 1 saturated carbocycles. The average molecular weight is 270 g/mol. The average Bonchev–Trinajstić information content (AvgIpc) is 2.90. The standard InChI is InChI=1S/C14H26N2O3/c1-2-3-10-19-11-6-9-15-13(17)14(18)16-12-7-4-5-8-12/h12H,2-11H2,1H3,(H,15,17)(H,16,18). The second kappa shape index (κ2) is 9.78. The number of nitrogens with one attached hydrogen (secondary N) is 2. The van der Waals surface area contributed by atoms with Gasteiger partial charge in [0.1, 0.15) is 0 Å². The summed E-state index contributed by atoms with van der Waals surface area (Å²) in [5.41, 5.74) is 0. The van der Waals surface area contributed by atoms with E-state index in [1.807, 2.05) is 0 Å². The molecule has 1 aliphatic carbocycles. The van der Waals surface area contributed by atoms with Crippen molar-refractivity contribution in [2.24, 2.45) is 0 Å². The molecule has 5 heteroatoms. The number of hydrogen-bond acceptors (Lipinski definition) is 3. The Morgan fingerprint density at radius 3 is 2.47 bits per heavy atom. The zero-order valence-corrected chi connectivity index (χ0v) is 11.9. The third-order valence-electron chi connectivity index (χ3n) is 3.29. The van der Waals surface area contributed by atoms with Crippen molar-refractivity contribution in [2.75, 3.05) is 19.8 Å². The van der Waals surface area contributed by atoms with E-state index in [1.165, 1.54) is 0 Å². The Labute approximate surface area is 115 Å². The minimum Gasteiger partial charge on any atom is -0.381 e. The van der Waals surface area contributed by atoms with E-state index >= 15 is 0 Å². The maximum absolute atomic E-state index is 11.5. The Kier molecular flexibility index (Phi) is 8.21. The molecule has 110 valence electrons. The van der Waals surface area contributed by atoms with Gasteiger partial charge in [-0.2, -0.15) is 0 Å². The van der Waals surface area contributed by atoms with Crippen molar-refractivity contribution < 1.29 is 14.3 Å². The normalized spacial score (nSPS) is 15.4. The predicted octanol–water partition coefficient (Wildman–Crippen LogP) is 1.37. The number of rotatable bonds is 8. The van der Waals surface area contributed by atoms with Crippen LogP contribution in [0.15, 0.2) is 0 Å². The molecule has 0 aromatic carbocycles. The highest BCUT2D eigenvalue weighted by molar-refractivity contribution is 6.35. The van der Waals surface area contributed by atoms with Crippen molar-refractivity contribution in [3.63, 3.8) is 0 Å². The third kappa shape index (κ3) is 7.15. The molecule has 1 aliphatic rings. The van der Waals surface area contributed by atoms with Crippen molar-refractivity contribution in [2.45, 2.75) is 57.9 Å². The summed E-state index contributed by atoms with van der Waals surface area (Å²) >= 11 is 0. The van der Waals surface area contributed by atoms with E-state index in [4.69, 9.17) is 4.74 Å². The summed E-state index contributed by atoms with van der Waals surface area (Å²) in [5.74, 6) is -1.03. The maximum Gasteiger partial charge on any atom is 0.309 e. The number of ether oxygens (including phenoxy) is 1. The van der Waals surface area contributed by atoms with E-state index < -0.39 is 11.8 Å². The smallest absolute Gasteiger partial charge is 0.309 e. The fourth-order valence-electron chi connectivity index (χ4n) is 2.13. The highest BCUT2D eigenvalue weighted by Crippen LogP contribution is 2.17. The second-order valence-electron chi connectivity index (χ2n) is 5.03. The van der Waals surface area contributed by atoms with Crippen LogP contribution < -0.4 is 10.6 Å². The number of unbranched alkanes of at least 4 members (excludes halogenated alkanes) is 1. The molecule has 0 radical (unpaired) electrons. The molecule has 0 aliphatic heterocycles. The molecule has 2 amide bonds. The molecular formula is C14H26N2O3. The highest BCUT2D eigenvalue weighted by atomic mass is 16.5. The second-order valence-corrected chi connectivity index (χ2v) is 5.03. The van der Waals surface area contributed by atoms with Crippen LogP contribution in [0.5, 0.6) is 0 Å². The van der Waals surface area contributed by atoms with Crippen molar-refractivity contribution in [3.05, 3.63) is 0 Å². The Balaban J connectivity index is 1.98. The highest BCUT2D eigenvalue weighted by Gasteiger charge is 2.20. The van der Waals surface area contributed by atoms with E-state index in [0.717, 1.165) is 51.6 Å². The molecule has 1 rings (SSSR count). The van der Waals surface area contributed by atoms with Crippen LogP contribution in [-0.4, -0.2) is 37.6 Å². The van der Waals surface area contributed by atoms with Gasteiger partial charge in [0.2, 0.25) is 0 Å². The van der Waals surface area contributed by atoms with Crippen LogP contribution in [0.1, 0.15) is 51.9 Å². The number of amides is 2. The molecule has 0 bridgehead atoms. The Morgan fingerprint density at radius 1 is 1.11 bits per heavy atom. The lowest BCUT2D eigenvalue weighted by atomic mass is 10.2. The van der Waals surface area contributed by atoms with Gasteiger partial charge in [-0.25, -0.2) is 0 Å². The summed E-state index contributed by atoms with van der Waals surface area (Å²) in [6.45, 7) is 4.01. The minimum absolute atomic E-state index is 0.190. The molecular weight excluding hydrogens is 244 g/mol. The van der Waals surface area contributed by atoms with Gasteiger partial charge in [-0.1, -0.05) is 26.2 Å². The van der Waals surface area contributed by atoms with Gasteiger partial charge in [0.25, 0.3) is 0 Å². The van der Waals surface area contributed by atoms with Crippen molar-refractivity contribution in [1.82, 2.24) is 10.6 Å². The fourth-order valence-corrected chi connectivity index (χ4v) is 2.13. The van der Waals surface area contributed by atoms with Crippen molar-refractivity contribution in [3.8, 4) is 0 Å². The van der Waals surface area contributed by atoms with Crippen LogP contribution in [0.25, 0.3) is 0 Å². The Hall–Kier alpha value is -1.10. The van der Waals surface area contributed by atoms with Crippen molar-refractivity contribution >= 4 is 11.8 Å². The quantitative estimate of drug-likeness (QED) is 0.517. The molecule has 1 fully saturated rings. The molecule has 0 aromatic rings. The van der Waals surface area contributed by atoms with Gasteiger partial charge in [-0.05, 0) is 25.7 Å². The summed E-state index contributed by atoms with van der Waals surface area (Å²) in [4.78, 5) is 23.1. The van der Waals surface area contributed by atoms with Gasteiger partial charge in [-0.15, -0.1) is 0 Å². The minimum atomic E-state index is -0.527. The molecule has 0 saturated heterocycles. The lowest BCUT2D eigenvalue weighted by molar-refractivity contribution is -0.139. The van der Waals surface area contributed by atoms with Gasteiger partial charge >= 0.3 is 11.8 Å². The first kappa shape index (κ1) is 16.0. The number of hydrogen-bond donors (Lipinski definition) is 2. The van der Waals surface area contributed by atoms with E-state index in [1.54, 1.807) is 0 Å². The van der Waals surface area contributed by atoms with Crippen molar-refractivity contribution in [1.29, 1.82) is 0 Å². The van der Waals surface area contributed by atoms with Gasteiger partial charge < -0.3 is 15.4 Å². The van der Waals surface area contributed by atoms with Crippen LogP contribution in [0, 0.1) is 0 Å². The summed E-state index contributed by atoms with van der Waals surface area (Å²) in [7, 11) is 0. The molecule has 0 atom stereocenters. The first-order chi connectivity index (χ1) is 9.24. The first-order valence-electron chi connectivity index (χ1n) is 7.40. The van der Waals surface area contributed by atoms with Crippen LogP contribution in [0.2, 0.25) is 0 Å². The Morgan fingerprint density at radius 2 is 1.79 bits per heavy atom. The molecule has 0 spiro atoms. The summed E-state index contributed by atoms with van der Waals surface area (Å²) in [6, 6.07) is 0.190. The monoisotopic (exact) mass is 270 g/mol. The van der Waals surface area contributed by atoms with Crippen LogP contribution in [0.4, 0.5) is 0 Å². The van der Waals surface area contributed by atoms with Crippen LogP contribution >= 0.6 is 0 Å². The molecule has 0 aromatic heterocycles. The van der Waals surface area contributed by atoms with E-state index in [2.05, 4.69) is 17.6 Å². The summed E-state index contributed by atoms with van der Waals surface area (Å²) in [6.07, 6.45) is 7.19. The molecule has 0 heterocycles.